The Kier molecular flexibility index (Phi) is 5.46. The quantitative estimate of drug-likeness (QED) is 0.676. The van der Waals surface area contributed by atoms with Crippen molar-refractivity contribution in [2.75, 3.05) is 17.7 Å². The van der Waals surface area contributed by atoms with Gasteiger partial charge in [-0.3, -0.25) is 0 Å². The van der Waals surface area contributed by atoms with E-state index in [0.717, 1.165) is 17.1 Å². The summed E-state index contributed by atoms with van der Waals surface area (Å²) in [5.41, 5.74) is 2.36. The van der Waals surface area contributed by atoms with Crippen molar-refractivity contribution < 1.29 is 4.74 Å². The van der Waals surface area contributed by atoms with Crippen LogP contribution in [-0.2, 0) is 6.54 Å². The first-order valence-corrected chi connectivity index (χ1v) is 8.26. The van der Waals surface area contributed by atoms with Gasteiger partial charge in [-0.1, -0.05) is 42.5 Å². The molecule has 0 aliphatic heterocycles. The summed E-state index contributed by atoms with van der Waals surface area (Å²) in [6.45, 7) is 2.77. The van der Waals surface area contributed by atoms with Crippen molar-refractivity contribution in [1.82, 2.24) is 9.97 Å². The molecule has 0 amide bonds. The van der Waals surface area contributed by atoms with E-state index in [-0.39, 0.29) is 6.04 Å². The number of methoxy groups -OCH3 is 1. The Morgan fingerprint density at radius 3 is 2.48 bits per heavy atom. The van der Waals surface area contributed by atoms with Crippen molar-refractivity contribution in [3.8, 4) is 5.75 Å². The molecule has 1 unspecified atom stereocenters. The molecule has 0 saturated carbocycles. The van der Waals surface area contributed by atoms with Gasteiger partial charge >= 0.3 is 0 Å². The second kappa shape index (κ2) is 8.15. The van der Waals surface area contributed by atoms with Crippen LogP contribution in [0.25, 0.3) is 0 Å². The van der Waals surface area contributed by atoms with Gasteiger partial charge in [0.2, 0.25) is 5.95 Å². The lowest BCUT2D eigenvalue weighted by Gasteiger charge is -2.15. The van der Waals surface area contributed by atoms with Crippen LogP contribution in [0.2, 0.25) is 0 Å². The fourth-order valence-electron chi connectivity index (χ4n) is 2.50. The molecule has 2 N–H and O–H groups in total. The molecule has 0 aliphatic rings. The largest absolute Gasteiger partial charge is 0.497 e. The fourth-order valence-corrected chi connectivity index (χ4v) is 2.50. The van der Waals surface area contributed by atoms with Crippen molar-refractivity contribution in [2.45, 2.75) is 19.5 Å². The van der Waals surface area contributed by atoms with Gasteiger partial charge < -0.3 is 15.4 Å². The summed E-state index contributed by atoms with van der Waals surface area (Å²) < 4.78 is 5.17. The third-order valence-corrected chi connectivity index (χ3v) is 3.93. The van der Waals surface area contributed by atoms with Gasteiger partial charge in [0.1, 0.15) is 11.6 Å². The summed E-state index contributed by atoms with van der Waals surface area (Å²) in [5.74, 6) is 2.24. The van der Waals surface area contributed by atoms with Crippen molar-refractivity contribution >= 4 is 11.8 Å². The summed E-state index contributed by atoms with van der Waals surface area (Å²) in [6.07, 6.45) is 1.75. The van der Waals surface area contributed by atoms with Crippen LogP contribution in [0.1, 0.15) is 24.1 Å². The number of rotatable bonds is 7. The first-order valence-electron chi connectivity index (χ1n) is 8.26. The summed E-state index contributed by atoms with van der Waals surface area (Å²) in [7, 11) is 1.66. The fraction of sp³-hybridized carbons (Fsp3) is 0.200. The Hall–Kier alpha value is -3.08. The van der Waals surface area contributed by atoms with E-state index in [2.05, 4.69) is 39.7 Å². The predicted octanol–water partition coefficient (Wildman–Crippen LogP) is 4.27. The van der Waals surface area contributed by atoms with Crippen LogP contribution >= 0.6 is 0 Å². The normalized spacial score (nSPS) is 11.6. The van der Waals surface area contributed by atoms with Crippen LogP contribution in [-0.4, -0.2) is 17.1 Å². The number of benzene rings is 2. The molecule has 0 saturated heterocycles. The maximum absolute atomic E-state index is 5.17. The van der Waals surface area contributed by atoms with E-state index >= 15 is 0 Å². The van der Waals surface area contributed by atoms with E-state index in [1.165, 1.54) is 5.56 Å². The van der Waals surface area contributed by atoms with E-state index in [1.54, 1.807) is 13.3 Å². The molecule has 5 heteroatoms. The Morgan fingerprint density at radius 1 is 1.00 bits per heavy atom. The highest BCUT2D eigenvalue weighted by atomic mass is 16.5. The topological polar surface area (TPSA) is 59.1 Å². The maximum atomic E-state index is 5.17. The van der Waals surface area contributed by atoms with E-state index in [1.807, 2.05) is 48.5 Å². The zero-order valence-electron chi connectivity index (χ0n) is 14.4. The Labute approximate surface area is 148 Å². The third-order valence-electron chi connectivity index (χ3n) is 3.93. The second-order valence-electron chi connectivity index (χ2n) is 5.74. The van der Waals surface area contributed by atoms with Gasteiger partial charge in [-0.2, -0.15) is 4.98 Å². The number of aromatic nitrogens is 2. The van der Waals surface area contributed by atoms with Gasteiger partial charge in [0.25, 0.3) is 0 Å². The summed E-state index contributed by atoms with van der Waals surface area (Å²) in [4.78, 5) is 8.81. The molecular formula is C20H22N4O. The number of hydrogen-bond donors (Lipinski definition) is 2. The number of nitrogens with one attached hydrogen (secondary N) is 2. The van der Waals surface area contributed by atoms with Gasteiger partial charge in [-0.15, -0.1) is 0 Å². The highest BCUT2D eigenvalue weighted by molar-refractivity contribution is 5.42. The Morgan fingerprint density at radius 2 is 1.76 bits per heavy atom. The molecule has 25 heavy (non-hydrogen) atoms. The summed E-state index contributed by atoms with van der Waals surface area (Å²) >= 11 is 0. The molecule has 128 valence electrons. The van der Waals surface area contributed by atoms with Crippen LogP contribution < -0.4 is 15.4 Å². The SMILES string of the molecule is COc1ccc(CNc2nccc(NC(C)c3ccccc3)n2)cc1. The zero-order chi connectivity index (χ0) is 17.5. The standard InChI is InChI=1S/C20H22N4O/c1-15(17-6-4-3-5-7-17)23-19-12-13-21-20(24-19)22-14-16-8-10-18(25-2)11-9-16/h3-13,15H,14H2,1-2H3,(H2,21,22,23,24). The van der Waals surface area contributed by atoms with Crippen molar-refractivity contribution in [3.63, 3.8) is 0 Å². The van der Waals surface area contributed by atoms with Gasteiger partial charge in [0, 0.05) is 18.8 Å². The lowest BCUT2D eigenvalue weighted by Crippen LogP contribution is -2.10. The second-order valence-corrected chi connectivity index (χ2v) is 5.74. The number of ether oxygens (including phenoxy) is 1. The average molecular weight is 334 g/mol. The van der Waals surface area contributed by atoms with E-state index < -0.39 is 0 Å². The first-order chi connectivity index (χ1) is 12.2. The van der Waals surface area contributed by atoms with Crippen LogP contribution in [0.3, 0.4) is 0 Å². The maximum Gasteiger partial charge on any atom is 0.224 e. The minimum Gasteiger partial charge on any atom is -0.497 e. The highest BCUT2D eigenvalue weighted by Gasteiger charge is 2.06. The average Bonchev–Trinajstić information content (AvgIpc) is 2.68. The molecule has 1 atom stereocenters. The Bertz CT molecular complexity index is 790. The highest BCUT2D eigenvalue weighted by Crippen LogP contribution is 2.18. The van der Waals surface area contributed by atoms with Gasteiger partial charge in [0.15, 0.2) is 0 Å². The van der Waals surface area contributed by atoms with Crippen LogP contribution in [0.5, 0.6) is 5.75 Å². The molecule has 0 spiro atoms. The van der Waals surface area contributed by atoms with Crippen molar-refractivity contribution in [3.05, 3.63) is 78.0 Å². The first kappa shape index (κ1) is 16.8. The Balaban J connectivity index is 1.61. The molecule has 0 aliphatic carbocycles. The minimum absolute atomic E-state index is 0.172. The molecule has 3 rings (SSSR count). The molecule has 0 fully saturated rings. The van der Waals surface area contributed by atoms with E-state index in [4.69, 9.17) is 4.74 Å². The molecule has 3 aromatic rings. The number of hydrogen-bond acceptors (Lipinski definition) is 5. The molecule has 2 aromatic carbocycles. The minimum atomic E-state index is 0.172. The lowest BCUT2D eigenvalue weighted by atomic mass is 10.1. The van der Waals surface area contributed by atoms with Crippen molar-refractivity contribution in [2.24, 2.45) is 0 Å². The van der Waals surface area contributed by atoms with Gasteiger partial charge in [-0.05, 0) is 36.2 Å². The predicted molar refractivity (Wildman–Crippen MR) is 101 cm³/mol. The van der Waals surface area contributed by atoms with Crippen LogP contribution in [0.15, 0.2) is 66.9 Å². The molecule has 5 nitrogen and oxygen atoms in total. The molecular weight excluding hydrogens is 312 g/mol. The van der Waals surface area contributed by atoms with E-state index in [0.29, 0.717) is 12.5 Å². The molecule has 1 heterocycles. The third kappa shape index (κ3) is 4.70. The van der Waals surface area contributed by atoms with Crippen LogP contribution in [0.4, 0.5) is 11.8 Å². The van der Waals surface area contributed by atoms with Gasteiger partial charge in [0.05, 0.1) is 7.11 Å². The van der Waals surface area contributed by atoms with Crippen LogP contribution in [0, 0.1) is 0 Å². The zero-order valence-corrected chi connectivity index (χ0v) is 14.4. The van der Waals surface area contributed by atoms with Gasteiger partial charge in [-0.25, -0.2) is 4.98 Å². The lowest BCUT2D eigenvalue weighted by molar-refractivity contribution is 0.414. The smallest absolute Gasteiger partial charge is 0.224 e. The van der Waals surface area contributed by atoms with E-state index in [9.17, 15) is 0 Å². The monoisotopic (exact) mass is 334 g/mol. The molecule has 0 bridgehead atoms. The summed E-state index contributed by atoms with van der Waals surface area (Å²) in [5, 5.41) is 6.65. The number of anilines is 2. The van der Waals surface area contributed by atoms with Crippen molar-refractivity contribution in [1.29, 1.82) is 0 Å². The summed E-state index contributed by atoms with van der Waals surface area (Å²) in [6, 6.07) is 20.3. The number of nitrogens with zero attached hydrogens (tertiary/aromatic N) is 2. The molecule has 0 radical (unpaired) electrons. The molecule has 1 aromatic heterocycles.